The van der Waals surface area contributed by atoms with E-state index in [0.29, 0.717) is 0 Å². The van der Waals surface area contributed by atoms with Crippen LogP contribution in [0.4, 0.5) is 5.13 Å². The van der Waals surface area contributed by atoms with Crippen LogP contribution in [0, 0.1) is 13.8 Å². The van der Waals surface area contributed by atoms with Gasteiger partial charge in [-0.25, -0.2) is 4.98 Å². The molecule has 0 saturated carbocycles. The van der Waals surface area contributed by atoms with Crippen molar-refractivity contribution < 1.29 is 0 Å². The second-order valence-corrected chi connectivity index (χ2v) is 6.55. The molecule has 0 bridgehead atoms. The van der Waals surface area contributed by atoms with Gasteiger partial charge < -0.3 is 5.32 Å². The van der Waals surface area contributed by atoms with E-state index in [1.54, 1.807) is 0 Å². The quantitative estimate of drug-likeness (QED) is 0.938. The molecule has 0 aliphatic carbocycles. The maximum absolute atomic E-state index is 4.53. The zero-order chi connectivity index (χ0) is 14.2. The van der Waals surface area contributed by atoms with Crippen molar-refractivity contribution in [1.82, 2.24) is 19.1 Å². The highest BCUT2D eigenvalue weighted by molar-refractivity contribution is 7.09. The maximum atomic E-state index is 4.53. The van der Waals surface area contributed by atoms with Crippen LogP contribution in [0.1, 0.15) is 43.5 Å². The summed E-state index contributed by atoms with van der Waals surface area (Å²) >= 11 is 1.41. The zero-order valence-corrected chi connectivity index (χ0v) is 13.2. The summed E-state index contributed by atoms with van der Waals surface area (Å²) in [4.78, 5) is 4.53. The second kappa shape index (κ2) is 4.92. The lowest BCUT2D eigenvalue weighted by molar-refractivity contribution is 0.555. The highest BCUT2D eigenvalue weighted by Gasteiger charge is 2.19. The fourth-order valence-corrected chi connectivity index (χ4v) is 2.59. The van der Waals surface area contributed by atoms with Crippen molar-refractivity contribution in [1.29, 1.82) is 0 Å². The molecule has 6 heteroatoms. The van der Waals surface area contributed by atoms with Gasteiger partial charge in [0.15, 0.2) is 0 Å². The predicted molar refractivity (Wildman–Crippen MR) is 78.6 cm³/mol. The van der Waals surface area contributed by atoms with Crippen molar-refractivity contribution in [2.24, 2.45) is 7.05 Å². The highest BCUT2D eigenvalue weighted by atomic mass is 32.1. The molecular formula is C13H21N5S. The van der Waals surface area contributed by atoms with Gasteiger partial charge in [0.2, 0.25) is 5.13 Å². The van der Waals surface area contributed by atoms with E-state index in [0.717, 1.165) is 23.2 Å². The molecule has 0 radical (unpaired) electrons. The van der Waals surface area contributed by atoms with Crippen molar-refractivity contribution in [3.8, 4) is 0 Å². The Kier molecular flexibility index (Phi) is 3.62. The van der Waals surface area contributed by atoms with Gasteiger partial charge in [0.25, 0.3) is 0 Å². The second-order valence-electron chi connectivity index (χ2n) is 5.80. The fraction of sp³-hybridized carbons (Fsp3) is 0.615. The maximum Gasteiger partial charge on any atom is 0.202 e. The zero-order valence-electron chi connectivity index (χ0n) is 12.4. The van der Waals surface area contributed by atoms with Gasteiger partial charge >= 0.3 is 0 Å². The minimum atomic E-state index is -0.00341. The topological polar surface area (TPSA) is 55.6 Å². The molecule has 2 aromatic heterocycles. The summed E-state index contributed by atoms with van der Waals surface area (Å²) in [5, 5.41) is 8.62. The van der Waals surface area contributed by atoms with E-state index in [1.165, 1.54) is 22.8 Å². The fourth-order valence-electron chi connectivity index (χ4n) is 1.84. The molecule has 0 spiro atoms. The van der Waals surface area contributed by atoms with Crippen LogP contribution in [-0.4, -0.2) is 19.1 Å². The number of rotatable bonds is 3. The molecule has 0 aliphatic rings. The van der Waals surface area contributed by atoms with E-state index in [1.807, 2.05) is 18.7 Å². The van der Waals surface area contributed by atoms with E-state index >= 15 is 0 Å². The number of anilines is 1. The molecule has 0 atom stereocenters. The van der Waals surface area contributed by atoms with Gasteiger partial charge in [-0.15, -0.1) is 0 Å². The summed E-state index contributed by atoms with van der Waals surface area (Å²) in [6.07, 6.45) is 0. The molecule has 104 valence electrons. The molecular weight excluding hydrogens is 258 g/mol. The normalized spacial score (nSPS) is 11.9. The number of hydrogen-bond donors (Lipinski definition) is 1. The van der Waals surface area contributed by atoms with Crippen molar-refractivity contribution in [2.45, 2.75) is 46.6 Å². The summed E-state index contributed by atoms with van der Waals surface area (Å²) in [5.74, 6) is 0.889. The third-order valence-electron chi connectivity index (χ3n) is 3.17. The van der Waals surface area contributed by atoms with E-state index in [4.69, 9.17) is 0 Å². The average molecular weight is 279 g/mol. The standard InChI is InChI=1S/C13H21N5S/c1-8-10(9(2)18(6)16-8)7-14-12-15-11(17-19-12)13(3,4)5/h7H2,1-6H3,(H,14,15,17). The van der Waals surface area contributed by atoms with E-state index in [-0.39, 0.29) is 5.41 Å². The lowest BCUT2D eigenvalue weighted by Crippen LogP contribution is -2.13. The Balaban J connectivity index is 2.09. The van der Waals surface area contributed by atoms with Gasteiger partial charge in [-0.05, 0) is 13.8 Å². The Bertz CT molecular complexity index is 576. The number of nitrogens with zero attached hydrogens (tertiary/aromatic N) is 4. The van der Waals surface area contributed by atoms with Crippen molar-refractivity contribution in [2.75, 3.05) is 5.32 Å². The van der Waals surface area contributed by atoms with Crippen LogP contribution in [0.3, 0.4) is 0 Å². The number of nitrogens with one attached hydrogen (secondary N) is 1. The number of aromatic nitrogens is 4. The third-order valence-corrected chi connectivity index (χ3v) is 3.84. The Morgan fingerprint density at radius 2 is 1.95 bits per heavy atom. The van der Waals surface area contributed by atoms with E-state index < -0.39 is 0 Å². The molecule has 0 fully saturated rings. The van der Waals surface area contributed by atoms with Crippen molar-refractivity contribution >= 4 is 16.7 Å². The van der Waals surface area contributed by atoms with Crippen LogP contribution in [0.5, 0.6) is 0 Å². The molecule has 19 heavy (non-hydrogen) atoms. The first-order chi connectivity index (χ1) is 8.79. The molecule has 0 unspecified atom stereocenters. The summed E-state index contributed by atoms with van der Waals surface area (Å²) < 4.78 is 6.31. The molecule has 2 aromatic rings. The summed E-state index contributed by atoms with van der Waals surface area (Å²) in [6, 6.07) is 0. The Hall–Kier alpha value is -1.43. The van der Waals surface area contributed by atoms with Crippen molar-refractivity contribution in [3.63, 3.8) is 0 Å². The summed E-state index contributed by atoms with van der Waals surface area (Å²) in [6.45, 7) is 11.2. The lowest BCUT2D eigenvalue weighted by atomic mass is 9.96. The molecule has 2 heterocycles. The van der Waals surface area contributed by atoms with Crippen molar-refractivity contribution in [3.05, 3.63) is 22.8 Å². The van der Waals surface area contributed by atoms with Gasteiger partial charge in [-0.1, -0.05) is 20.8 Å². The monoisotopic (exact) mass is 279 g/mol. The Labute approximate surface area is 118 Å². The van der Waals surface area contributed by atoms with Gasteiger partial charge in [0.1, 0.15) is 5.82 Å². The largest absolute Gasteiger partial charge is 0.356 e. The SMILES string of the molecule is Cc1nn(C)c(C)c1CNc1nc(C(C)(C)C)ns1. The van der Waals surface area contributed by atoms with Gasteiger partial charge in [0.05, 0.1) is 5.69 Å². The molecule has 2 rings (SSSR count). The van der Waals surface area contributed by atoms with Crippen LogP contribution in [0.2, 0.25) is 0 Å². The van der Waals surface area contributed by atoms with Gasteiger partial charge in [-0.3, -0.25) is 4.68 Å². The molecule has 0 saturated heterocycles. The Morgan fingerprint density at radius 1 is 1.26 bits per heavy atom. The molecule has 0 aliphatic heterocycles. The highest BCUT2D eigenvalue weighted by Crippen LogP contribution is 2.23. The number of aryl methyl sites for hydroxylation is 2. The van der Waals surface area contributed by atoms with Crippen LogP contribution < -0.4 is 5.32 Å². The average Bonchev–Trinajstić information content (AvgIpc) is 2.84. The van der Waals surface area contributed by atoms with E-state index in [9.17, 15) is 0 Å². The first-order valence-corrected chi connectivity index (χ1v) is 7.13. The first kappa shape index (κ1) is 14.0. The van der Waals surface area contributed by atoms with Crippen LogP contribution in [0.15, 0.2) is 0 Å². The lowest BCUT2D eigenvalue weighted by Gasteiger charge is -2.12. The first-order valence-electron chi connectivity index (χ1n) is 6.36. The minimum Gasteiger partial charge on any atom is -0.356 e. The predicted octanol–water partition coefficient (Wildman–Crippen LogP) is 2.80. The minimum absolute atomic E-state index is 0.00341. The summed E-state index contributed by atoms with van der Waals surface area (Å²) in [7, 11) is 1.97. The van der Waals surface area contributed by atoms with Gasteiger partial charge in [0, 0.05) is 41.8 Å². The van der Waals surface area contributed by atoms with Crippen LogP contribution >= 0.6 is 11.5 Å². The molecule has 0 aromatic carbocycles. The van der Waals surface area contributed by atoms with Crippen LogP contribution in [0.25, 0.3) is 0 Å². The summed E-state index contributed by atoms with van der Waals surface area (Å²) in [5.41, 5.74) is 3.48. The smallest absolute Gasteiger partial charge is 0.202 e. The molecule has 0 amide bonds. The Morgan fingerprint density at radius 3 is 2.42 bits per heavy atom. The number of hydrogen-bond acceptors (Lipinski definition) is 5. The molecule has 1 N–H and O–H groups in total. The molecule has 5 nitrogen and oxygen atoms in total. The van der Waals surface area contributed by atoms with E-state index in [2.05, 4.69) is 47.5 Å². The van der Waals surface area contributed by atoms with Crippen LogP contribution in [-0.2, 0) is 19.0 Å². The van der Waals surface area contributed by atoms with Gasteiger partial charge in [-0.2, -0.15) is 9.47 Å². The third kappa shape index (κ3) is 2.94.